The van der Waals surface area contributed by atoms with Crippen LogP contribution in [0.5, 0.6) is 0 Å². The fourth-order valence-electron chi connectivity index (χ4n) is 9.01. The number of allylic oxidation sites excluding steroid dienone is 18. The number of carbonyl (C=O) groups excluding carboxylic acids is 2. The van der Waals surface area contributed by atoms with Gasteiger partial charge in [-0.15, -0.1) is 0 Å². The van der Waals surface area contributed by atoms with Crippen molar-refractivity contribution in [3.8, 4) is 0 Å². The normalized spacial score (nSPS) is 13.9. The molecular formula is C71H124NO8P. The van der Waals surface area contributed by atoms with Crippen LogP contribution in [0.15, 0.2) is 109 Å². The lowest BCUT2D eigenvalue weighted by molar-refractivity contribution is -0.870. The second kappa shape index (κ2) is 61.2. The Morgan fingerprint density at radius 3 is 1.04 bits per heavy atom. The number of ether oxygens (including phenoxy) is 2. The first-order valence-electron chi connectivity index (χ1n) is 33.1. The smallest absolute Gasteiger partial charge is 0.306 e. The van der Waals surface area contributed by atoms with Crippen LogP contribution >= 0.6 is 7.82 Å². The molecule has 9 nitrogen and oxygen atoms in total. The van der Waals surface area contributed by atoms with E-state index in [1.54, 1.807) is 0 Å². The van der Waals surface area contributed by atoms with Gasteiger partial charge in [0.25, 0.3) is 7.82 Å². The Hall–Kier alpha value is -3.33. The van der Waals surface area contributed by atoms with E-state index in [2.05, 4.69) is 117 Å². The minimum Gasteiger partial charge on any atom is -0.756 e. The molecule has 0 aromatic heterocycles. The number of phosphoric ester groups is 1. The molecule has 2 atom stereocenters. The van der Waals surface area contributed by atoms with E-state index in [-0.39, 0.29) is 26.1 Å². The summed E-state index contributed by atoms with van der Waals surface area (Å²) in [7, 11) is 1.12. The fourth-order valence-corrected chi connectivity index (χ4v) is 9.74. The maximum Gasteiger partial charge on any atom is 0.306 e. The molecule has 0 aliphatic carbocycles. The lowest BCUT2D eigenvalue weighted by Crippen LogP contribution is -2.37. The molecule has 81 heavy (non-hydrogen) atoms. The van der Waals surface area contributed by atoms with Crippen LogP contribution < -0.4 is 4.89 Å². The highest BCUT2D eigenvalue weighted by Crippen LogP contribution is 2.38. The number of phosphoric acid groups is 1. The molecule has 0 fully saturated rings. The molecule has 0 saturated heterocycles. The van der Waals surface area contributed by atoms with Crippen molar-refractivity contribution in [3.05, 3.63) is 109 Å². The van der Waals surface area contributed by atoms with Crippen LogP contribution in [0.3, 0.4) is 0 Å². The highest BCUT2D eigenvalue weighted by molar-refractivity contribution is 7.45. The number of hydrogen-bond donors (Lipinski definition) is 0. The van der Waals surface area contributed by atoms with Gasteiger partial charge in [-0.3, -0.25) is 14.2 Å². The molecule has 0 heterocycles. The van der Waals surface area contributed by atoms with E-state index in [9.17, 15) is 19.0 Å². The van der Waals surface area contributed by atoms with Gasteiger partial charge in [0.2, 0.25) is 0 Å². The number of likely N-dealkylation sites (N-methyl/N-ethyl adjacent to an activating group) is 1. The van der Waals surface area contributed by atoms with Gasteiger partial charge in [-0.2, -0.15) is 0 Å². The molecule has 0 aromatic carbocycles. The van der Waals surface area contributed by atoms with Crippen molar-refractivity contribution in [2.24, 2.45) is 0 Å². The van der Waals surface area contributed by atoms with Crippen molar-refractivity contribution >= 4 is 19.8 Å². The van der Waals surface area contributed by atoms with Gasteiger partial charge in [0.1, 0.15) is 19.8 Å². The van der Waals surface area contributed by atoms with Gasteiger partial charge in [-0.1, -0.05) is 297 Å². The summed E-state index contributed by atoms with van der Waals surface area (Å²) in [6.07, 6.45) is 86.0. The maximum atomic E-state index is 12.8. The summed E-state index contributed by atoms with van der Waals surface area (Å²) >= 11 is 0. The molecule has 0 aliphatic heterocycles. The van der Waals surface area contributed by atoms with E-state index >= 15 is 0 Å². The molecule has 0 rings (SSSR count). The van der Waals surface area contributed by atoms with E-state index in [4.69, 9.17) is 18.5 Å². The number of unbranched alkanes of at least 4 members (excludes halogenated alkanes) is 28. The Morgan fingerprint density at radius 2 is 0.704 bits per heavy atom. The number of carbonyl (C=O) groups is 2. The predicted molar refractivity (Wildman–Crippen MR) is 346 cm³/mol. The van der Waals surface area contributed by atoms with Crippen LogP contribution in [-0.2, 0) is 32.7 Å². The summed E-state index contributed by atoms with van der Waals surface area (Å²) in [5.41, 5.74) is 0. The Balaban J connectivity index is 4.19. The van der Waals surface area contributed by atoms with E-state index < -0.39 is 32.5 Å². The van der Waals surface area contributed by atoms with E-state index in [1.807, 2.05) is 27.2 Å². The highest BCUT2D eigenvalue weighted by atomic mass is 31.2. The first kappa shape index (κ1) is 77.7. The van der Waals surface area contributed by atoms with Gasteiger partial charge in [0, 0.05) is 12.8 Å². The van der Waals surface area contributed by atoms with Crippen LogP contribution in [0, 0.1) is 0 Å². The van der Waals surface area contributed by atoms with Crippen LogP contribution in [0.2, 0.25) is 0 Å². The molecule has 0 aromatic rings. The summed E-state index contributed by atoms with van der Waals surface area (Å²) in [6.45, 7) is 4.08. The molecule has 0 spiro atoms. The third-order valence-electron chi connectivity index (χ3n) is 14.1. The largest absolute Gasteiger partial charge is 0.756 e. The van der Waals surface area contributed by atoms with Gasteiger partial charge in [-0.25, -0.2) is 0 Å². The average molecular weight is 1150 g/mol. The van der Waals surface area contributed by atoms with E-state index in [1.165, 1.54) is 161 Å². The van der Waals surface area contributed by atoms with E-state index in [0.29, 0.717) is 23.9 Å². The van der Waals surface area contributed by atoms with Crippen LogP contribution in [0.25, 0.3) is 0 Å². The first-order valence-corrected chi connectivity index (χ1v) is 34.6. The van der Waals surface area contributed by atoms with Crippen LogP contribution in [0.4, 0.5) is 0 Å². The maximum absolute atomic E-state index is 12.8. The standard InChI is InChI=1S/C71H124NO8P/c1-6-8-10-12-14-16-18-20-22-24-26-28-30-32-34-36-38-40-42-44-46-48-50-52-54-56-58-60-62-64-71(74)80-69(68-79-81(75,76)78-66-65-72(3,4)5)67-77-70(73)63-61-59-57-55-53-51-49-47-45-43-41-39-37-35-33-31-29-27-25-23-21-19-17-15-13-11-9-7-2/h8,10,14,16,20,22,26,28,32,34,38,40,44,46,50,52,56,58,69H,6-7,9,11-13,15,17-19,21,23-25,27,29-31,33,35-37,39,41-43,45,47-49,51,53-55,57,59-68H2,1-5H3/b10-8-,16-14-,22-20-,28-26-,34-32-,40-38-,46-44-,52-50-,58-56-. The summed E-state index contributed by atoms with van der Waals surface area (Å²) in [5, 5.41) is 0. The molecule has 466 valence electrons. The van der Waals surface area contributed by atoms with Gasteiger partial charge in [0.15, 0.2) is 6.10 Å². The number of rotatable bonds is 60. The SMILES string of the molecule is CC/C=C\C/C=C\C/C=C\C/C=C\C/C=C\C/C=C\C/C=C\C/C=C\C/C=C\CCCC(=O)OC(COC(=O)CCCCCCCCCCCCCCCCCCCCCCCCCCCCCC)COP(=O)([O-])OCC[N+](C)(C)C. The zero-order valence-corrected chi connectivity index (χ0v) is 53.8. The molecule has 0 aliphatic rings. The minimum absolute atomic E-state index is 0.0462. The summed E-state index contributed by atoms with van der Waals surface area (Å²) < 4.78 is 34.2. The molecular weight excluding hydrogens is 1030 g/mol. The van der Waals surface area contributed by atoms with E-state index in [0.717, 1.165) is 77.0 Å². The summed E-state index contributed by atoms with van der Waals surface area (Å²) in [5.74, 6) is -0.900. The first-order chi connectivity index (χ1) is 39.5. The Labute approximate surface area is 499 Å². The minimum atomic E-state index is -4.66. The number of esters is 2. The third kappa shape index (κ3) is 65.7. The average Bonchev–Trinajstić information content (AvgIpc) is 3.43. The lowest BCUT2D eigenvalue weighted by Gasteiger charge is -2.28. The molecule has 0 radical (unpaired) electrons. The van der Waals surface area contributed by atoms with Crippen molar-refractivity contribution in [1.29, 1.82) is 0 Å². The molecule has 0 amide bonds. The molecule has 0 bridgehead atoms. The summed E-state index contributed by atoms with van der Waals surface area (Å²) in [6, 6.07) is 0. The molecule has 2 unspecified atom stereocenters. The van der Waals surface area contributed by atoms with Crippen molar-refractivity contribution in [2.45, 2.75) is 283 Å². The Bertz CT molecular complexity index is 1730. The van der Waals surface area contributed by atoms with Gasteiger partial charge >= 0.3 is 11.9 Å². The van der Waals surface area contributed by atoms with Crippen molar-refractivity contribution in [1.82, 2.24) is 0 Å². The van der Waals surface area contributed by atoms with Gasteiger partial charge in [0.05, 0.1) is 27.7 Å². The van der Waals surface area contributed by atoms with Gasteiger partial charge < -0.3 is 27.9 Å². The summed E-state index contributed by atoms with van der Waals surface area (Å²) in [4.78, 5) is 38.0. The number of hydrogen-bond acceptors (Lipinski definition) is 8. The highest BCUT2D eigenvalue weighted by Gasteiger charge is 2.22. The zero-order valence-electron chi connectivity index (χ0n) is 52.9. The topological polar surface area (TPSA) is 111 Å². The lowest BCUT2D eigenvalue weighted by atomic mass is 10.0. The number of quaternary nitrogens is 1. The monoisotopic (exact) mass is 1150 g/mol. The Morgan fingerprint density at radius 1 is 0.395 bits per heavy atom. The van der Waals surface area contributed by atoms with Crippen molar-refractivity contribution in [2.75, 3.05) is 47.5 Å². The fraction of sp³-hybridized carbons (Fsp3) is 0.718. The molecule has 10 heteroatoms. The van der Waals surface area contributed by atoms with Crippen LogP contribution in [0.1, 0.15) is 277 Å². The zero-order chi connectivity index (χ0) is 59.1. The molecule has 0 N–H and O–H groups in total. The number of nitrogens with zero attached hydrogens (tertiary/aromatic N) is 1. The molecule has 0 saturated carbocycles. The van der Waals surface area contributed by atoms with Crippen molar-refractivity contribution < 1.29 is 42.1 Å². The second-order valence-electron chi connectivity index (χ2n) is 23.1. The third-order valence-corrected chi connectivity index (χ3v) is 15.0. The predicted octanol–water partition coefficient (Wildman–Crippen LogP) is 20.7. The van der Waals surface area contributed by atoms with Crippen LogP contribution in [-0.4, -0.2) is 70.0 Å². The van der Waals surface area contributed by atoms with Crippen molar-refractivity contribution in [3.63, 3.8) is 0 Å². The second-order valence-corrected chi connectivity index (χ2v) is 24.5. The Kier molecular flexibility index (Phi) is 58.7. The quantitative estimate of drug-likeness (QED) is 0.0195. The van der Waals surface area contributed by atoms with Gasteiger partial charge in [-0.05, 0) is 77.0 Å².